The normalized spacial score (nSPS) is 31.1. The molecule has 1 aliphatic rings. The van der Waals surface area contributed by atoms with Crippen molar-refractivity contribution in [1.82, 2.24) is 0 Å². The second-order valence-electron chi connectivity index (χ2n) is 5.52. The Morgan fingerprint density at radius 1 is 1.43 bits per heavy atom. The second-order valence-corrected chi connectivity index (χ2v) is 5.52. The fraction of sp³-hybridized carbons (Fsp3) is 0.769. The number of hydrogen-bond donors (Lipinski definition) is 0. The lowest BCUT2D eigenvalue weighted by atomic mass is 9.61. The Balaban J connectivity index is 2.87. The summed E-state index contributed by atoms with van der Waals surface area (Å²) < 4.78 is 0. The number of carbonyl (C=O) groups is 1. The molecule has 1 fully saturated rings. The molecule has 1 nitrogen and oxygen atoms in total. The van der Waals surface area contributed by atoms with Crippen LogP contribution in [0.4, 0.5) is 0 Å². The quantitative estimate of drug-likeness (QED) is 0.625. The first-order chi connectivity index (χ1) is 6.42. The molecule has 0 aromatic carbocycles. The van der Waals surface area contributed by atoms with Gasteiger partial charge in [-0.25, -0.2) is 0 Å². The van der Waals surface area contributed by atoms with E-state index in [1.807, 2.05) is 6.08 Å². The topological polar surface area (TPSA) is 17.1 Å². The summed E-state index contributed by atoms with van der Waals surface area (Å²) in [6, 6.07) is 0. The van der Waals surface area contributed by atoms with Gasteiger partial charge in [0.1, 0.15) is 5.78 Å². The van der Waals surface area contributed by atoms with Crippen LogP contribution in [0, 0.1) is 10.8 Å². The third-order valence-corrected chi connectivity index (χ3v) is 3.61. The Labute approximate surface area is 87.6 Å². The average Bonchev–Trinajstić information content (AvgIpc) is 2.02. The predicted octanol–water partition coefficient (Wildman–Crippen LogP) is 3.74. The first-order valence-electron chi connectivity index (χ1n) is 5.54. The maximum absolute atomic E-state index is 11.8. The molecule has 0 heterocycles. The molecule has 0 N–H and O–H groups in total. The van der Waals surface area contributed by atoms with E-state index in [4.69, 9.17) is 0 Å². The molecule has 1 unspecified atom stereocenters. The van der Waals surface area contributed by atoms with E-state index in [0.717, 1.165) is 19.3 Å². The van der Waals surface area contributed by atoms with Crippen molar-refractivity contribution in [3.05, 3.63) is 12.7 Å². The number of Topliss-reactive ketones (excluding diaryl/α,β-unsaturated/α-hetero) is 1. The Morgan fingerprint density at radius 3 is 2.50 bits per heavy atom. The lowest BCUT2D eigenvalue weighted by Gasteiger charge is -2.43. The first-order valence-corrected chi connectivity index (χ1v) is 5.54. The summed E-state index contributed by atoms with van der Waals surface area (Å²) in [5.74, 6) is 0.352. The largest absolute Gasteiger partial charge is 0.299 e. The van der Waals surface area contributed by atoms with Crippen molar-refractivity contribution >= 4 is 5.78 Å². The van der Waals surface area contributed by atoms with Crippen molar-refractivity contribution < 1.29 is 4.79 Å². The van der Waals surface area contributed by atoms with Crippen LogP contribution >= 0.6 is 0 Å². The van der Waals surface area contributed by atoms with E-state index < -0.39 is 0 Å². The third-order valence-electron chi connectivity index (χ3n) is 3.61. The minimum Gasteiger partial charge on any atom is -0.299 e. The van der Waals surface area contributed by atoms with Crippen LogP contribution < -0.4 is 0 Å². The summed E-state index contributed by atoms with van der Waals surface area (Å²) in [7, 11) is 0. The van der Waals surface area contributed by atoms with Gasteiger partial charge in [0.2, 0.25) is 0 Å². The molecule has 0 bridgehead atoms. The van der Waals surface area contributed by atoms with E-state index in [1.54, 1.807) is 6.92 Å². The summed E-state index contributed by atoms with van der Waals surface area (Å²) >= 11 is 0. The Hall–Kier alpha value is -0.590. The van der Waals surface area contributed by atoms with Gasteiger partial charge in [0, 0.05) is 5.41 Å². The lowest BCUT2D eigenvalue weighted by molar-refractivity contribution is -0.130. The number of rotatable bonds is 3. The van der Waals surface area contributed by atoms with Gasteiger partial charge in [0.05, 0.1) is 0 Å². The maximum Gasteiger partial charge on any atom is 0.136 e. The minimum absolute atomic E-state index is 0.0937. The van der Waals surface area contributed by atoms with Crippen LogP contribution in [-0.4, -0.2) is 5.78 Å². The molecule has 0 aromatic heterocycles. The van der Waals surface area contributed by atoms with Gasteiger partial charge in [-0.1, -0.05) is 26.3 Å². The van der Waals surface area contributed by atoms with Gasteiger partial charge in [0.15, 0.2) is 0 Å². The standard InChI is InChI=1S/C13H22O/c1-5-7-13(11(2)14)9-6-8-12(3,4)10-13/h5H,1,6-10H2,2-4H3. The van der Waals surface area contributed by atoms with Crippen LogP contribution in [0.5, 0.6) is 0 Å². The zero-order valence-electron chi connectivity index (χ0n) is 9.73. The van der Waals surface area contributed by atoms with Gasteiger partial charge >= 0.3 is 0 Å². The predicted molar refractivity (Wildman–Crippen MR) is 60.2 cm³/mol. The molecule has 0 aliphatic heterocycles. The molecule has 0 amide bonds. The van der Waals surface area contributed by atoms with Crippen LogP contribution in [-0.2, 0) is 4.79 Å². The van der Waals surface area contributed by atoms with E-state index >= 15 is 0 Å². The van der Waals surface area contributed by atoms with Crippen LogP contribution in [0.2, 0.25) is 0 Å². The molecule has 1 atom stereocenters. The highest BCUT2D eigenvalue weighted by atomic mass is 16.1. The van der Waals surface area contributed by atoms with Gasteiger partial charge in [-0.15, -0.1) is 6.58 Å². The van der Waals surface area contributed by atoms with Crippen molar-refractivity contribution in [2.75, 3.05) is 0 Å². The summed E-state index contributed by atoms with van der Waals surface area (Å²) in [4.78, 5) is 11.8. The van der Waals surface area contributed by atoms with Crippen LogP contribution in [0.3, 0.4) is 0 Å². The van der Waals surface area contributed by atoms with Crippen LogP contribution in [0.15, 0.2) is 12.7 Å². The summed E-state index contributed by atoms with van der Waals surface area (Å²) in [5.41, 5.74) is 0.233. The molecule has 0 spiro atoms. The number of carbonyl (C=O) groups excluding carboxylic acids is 1. The third kappa shape index (κ3) is 2.26. The number of allylic oxidation sites excluding steroid dienone is 1. The Morgan fingerprint density at radius 2 is 2.07 bits per heavy atom. The van der Waals surface area contributed by atoms with Crippen LogP contribution in [0.1, 0.15) is 52.9 Å². The highest BCUT2D eigenvalue weighted by Crippen LogP contribution is 2.48. The van der Waals surface area contributed by atoms with Gasteiger partial charge in [-0.05, 0) is 38.0 Å². The van der Waals surface area contributed by atoms with E-state index in [1.165, 1.54) is 12.8 Å². The molecule has 1 heteroatoms. The van der Waals surface area contributed by atoms with Gasteiger partial charge < -0.3 is 0 Å². The lowest BCUT2D eigenvalue weighted by Crippen LogP contribution is -2.38. The monoisotopic (exact) mass is 194 g/mol. The molecular formula is C13H22O. The van der Waals surface area contributed by atoms with Gasteiger partial charge in [-0.3, -0.25) is 4.79 Å². The van der Waals surface area contributed by atoms with E-state index in [2.05, 4.69) is 20.4 Å². The molecule has 0 radical (unpaired) electrons. The second kappa shape index (κ2) is 3.88. The smallest absolute Gasteiger partial charge is 0.136 e. The zero-order valence-corrected chi connectivity index (χ0v) is 9.73. The SMILES string of the molecule is C=CCC1(C(C)=O)CCCC(C)(C)C1. The minimum atomic E-state index is -0.0937. The number of ketones is 1. The Bertz CT molecular complexity index is 240. The molecule has 14 heavy (non-hydrogen) atoms. The molecule has 0 aromatic rings. The summed E-state index contributed by atoms with van der Waals surface area (Å²) in [6.07, 6.45) is 7.27. The zero-order chi connectivity index (χ0) is 10.8. The van der Waals surface area contributed by atoms with Crippen molar-refractivity contribution in [1.29, 1.82) is 0 Å². The Kier molecular flexibility index (Phi) is 3.18. The fourth-order valence-electron chi connectivity index (χ4n) is 2.89. The summed E-state index contributed by atoms with van der Waals surface area (Å²) in [5, 5.41) is 0. The first kappa shape index (κ1) is 11.5. The maximum atomic E-state index is 11.8. The van der Waals surface area contributed by atoms with Crippen molar-refractivity contribution in [2.24, 2.45) is 10.8 Å². The number of hydrogen-bond acceptors (Lipinski definition) is 1. The van der Waals surface area contributed by atoms with E-state index in [-0.39, 0.29) is 5.41 Å². The van der Waals surface area contributed by atoms with Crippen molar-refractivity contribution in [2.45, 2.75) is 52.9 Å². The molecule has 80 valence electrons. The van der Waals surface area contributed by atoms with Crippen molar-refractivity contribution in [3.63, 3.8) is 0 Å². The van der Waals surface area contributed by atoms with Gasteiger partial charge in [0.25, 0.3) is 0 Å². The molecule has 1 saturated carbocycles. The average molecular weight is 194 g/mol. The van der Waals surface area contributed by atoms with Gasteiger partial charge in [-0.2, -0.15) is 0 Å². The van der Waals surface area contributed by atoms with Crippen LogP contribution in [0.25, 0.3) is 0 Å². The molecule has 1 aliphatic carbocycles. The highest BCUT2D eigenvalue weighted by Gasteiger charge is 2.42. The van der Waals surface area contributed by atoms with Crippen molar-refractivity contribution in [3.8, 4) is 0 Å². The van der Waals surface area contributed by atoms with E-state index in [0.29, 0.717) is 11.2 Å². The highest BCUT2D eigenvalue weighted by molar-refractivity contribution is 5.82. The molecule has 1 rings (SSSR count). The molecule has 0 saturated heterocycles. The molecular weight excluding hydrogens is 172 g/mol. The summed E-state index contributed by atoms with van der Waals surface area (Å²) in [6.45, 7) is 10.1. The fourth-order valence-corrected chi connectivity index (χ4v) is 2.89. The van der Waals surface area contributed by atoms with E-state index in [9.17, 15) is 4.79 Å².